The number of nitrogens with zero attached hydrogens (tertiary/aromatic N) is 3. The van der Waals surface area contributed by atoms with Gasteiger partial charge in [-0.25, -0.2) is 4.68 Å². The molecule has 3 aromatic rings. The summed E-state index contributed by atoms with van der Waals surface area (Å²) in [5.74, 6) is -0.435. The van der Waals surface area contributed by atoms with Gasteiger partial charge < -0.3 is 14.6 Å². The van der Waals surface area contributed by atoms with Gasteiger partial charge in [0.15, 0.2) is 5.76 Å². The third kappa shape index (κ3) is 4.00. The molecule has 2 aromatic heterocycles. The molecule has 0 saturated carbocycles. The monoisotopic (exact) mass is 352 g/mol. The van der Waals surface area contributed by atoms with Crippen molar-refractivity contribution >= 4 is 11.8 Å². The Hall–Kier alpha value is -3.35. The minimum absolute atomic E-state index is 0.177. The summed E-state index contributed by atoms with van der Waals surface area (Å²) in [6.45, 7) is 2.04. The summed E-state index contributed by atoms with van der Waals surface area (Å²) in [7, 11) is 1.69. The van der Waals surface area contributed by atoms with Crippen LogP contribution in [0.1, 0.15) is 23.0 Å². The van der Waals surface area contributed by atoms with Crippen LogP contribution in [0, 0.1) is 0 Å². The quantitative estimate of drug-likeness (QED) is 0.738. The normalized spacial score (nSPS) is 11.8. The van der Waals surface area contributed by atoms with Crippen molar-refractivity contribution in [2.24, 2.45) is 0 Å². The van der Waals surface area contributed by atoms with Crippen LogP contribution in [0.15, 0.2) is 65.5 Å². The lowest BCUT2D eigenvalue weighted by Crippen LogP contribution is -2.45. The molecule has 3 rings (SSSR count). The molecule has 1 N–H and O–H groups in total. The Morgan fingerprint density at radius 3 is 2.69 bits per heavy atom. The zero-order valence-electron chi connectivity index (χ0n) is 14.6. The summed E-state index contributed by atoms with van der Waals surface area (Å²) >= 11 is 0. The zero-order chi connectivity index (χ0) is 18.5. The number of para-hydroxylation sites is 1. The van der Waals surface area contributed by atoms with Gasteiger partial charge in [-0.1, -0.05) is 18.2 Å². The standard InChI is InChI=1S/C19H20N4O3/c1-14(21-18(24)17-9-6-10-26-17)19(25)22(2)12-15-11-20-23(13-15)16-7-4-3-5-8-16/h3-11,13-14H,12H2,1-2H3,(H,21,24)/t14-/m1/s1. The van der Waals surface area contributed by atoms with Crippen LogP contribution in [0.5, 0.6) is 0 Å². The molecule has 0 unspecified atom stereocenters. The number of carbonyl (C=O) groups is 2. The van der Waals surface area contributed by atoms with Gasteiger partial charge in [-0.2, -0.15) is 5.10 Å². The minimum atomic E-state index is -0.665. The highest BCUT2D eigenvalue weighted by Crippen LogP contribution is 2.10. The van der Waals surface area contributed by atoms with Gasteiger partial charge in [-0.15, -0.1) is 0 Å². The second-order valence-electron chi connectivity index (χ2n) is 6.00. The Morgan fingerprint density at radius 2 is 2.00 bits per heavy atom. The number of hydrogen-bond donors (Lipinski definition) is 1. The van der Waals surface area contributed by atoms with Crippen LogP contribution in [0.2, 0.25) is 0 Å². The Morgan fingerprint density at radius 1 is 1.23 bits per heavy atom. The first-order valence-corrected chi connectivity index (χ1v) is 8.23. The molecule has 26 heavy (non-hydrogen) atoms. The van der Waals surface area contributed by atoms with Crippen LogP contribution >= 0.6 is 0 Å². The lowest BCUT2D eigenvalue weighted by molar-refractivity contribution is -0.132. The van der Waals surface area contributed by atoms with Gasteiger partial charge in [-0.05, 0) is 31.2 Å². The molecule has 1 aromatic carbocycles. The number of hydrogen-bond acceptors (Lipinski definition) is 4. The zero-order valence-corrected chi connectivity index (χ0v) is 14.6. The maximum atomic E-state index is 12.5. The fourth-order valence-corrected chi connectivity index (χ4v) is 2.58. The first-order chi connectivity index (χ1) is 12.5. The van der Waals surface area contributed by atoms with Crippen LogP contribution in [-0.2, 0) is 11.3 Å². The summed E-state index contributed by atoms with van der Waals surface area (Å²) in [5.41, 5.74) is 1.85. The molecule has 0 saturated heterocycles. The van der Waals surface area contributed by atoms with Gasteiger partial charge in [0.05, 0.1) is 18.1 Å². The highest BCUT2D eigenvalue weighted by Gasteiger charge is 2.21. The largest absolute Gasteiger partial charge is 0.459 e. The van der Waals surface area contributed by atoms with Crippen molar-refractivity contribution in [3.8, 4) is 5.69 Å². The van der Waals surface area contributed by atoms with Crippen LogP contribution < -0.4 is 5.32 Å². The number of rotatable bonds is 6. The highest BCUT2D eigenvalue weighted by molar-refractivity contribution is 5.95. The molecule has 1 atom stereocenters. The van der Waals surface area contributed by atoms with Gasteiger partial charge in [0.1, 0.15) is 6.04 Å². The predicted octanol–water partition coefficient (Wildman–Crippen LogP) is 2.24. The summed E-state index contributed by atoms with van der Waals surface area (Å²) in [4.78, 5) is 26.0. The van der Waals surface area contributed by atoms with Gasteiger partial charge in [-0.3, -0.25) is 9.59 Å². The van der Waals surface area contributed by atoms with E-state index in [4.69, 9.17) is 4.42 Å². The maximum absolute atomic E-state index is 12.5. The molecule has 0 aliphatic heterocycles. The van der Waals surface area contributed by atoms with E-state index in [0.717, 1.165) is 11.3 Å². The van der Waals surface area contributed by atoms with Gasteiger partial charge in [0, 0.05) is 25.4 Å². The molecular formula is C19H20N4O3. The summed E-state index contributed by atoms with van der Waals surface area (Å²) in [6, 6.07) is 12.2. The van der Waals surface area contributed by atoms with E-state index in [9.17, 15) is 9.59 Å². The number of furan rings is 1. The number of carbonyl (C=O) groups excluding carboxylic acids is 2. The van der Waals surface area contributed by atoms with Gasteiger partial charge in [0.2, 0.25) is 5.91 Å². The molecular weight excluding hydrogens is 332 g/mol. The average molecular weight is 352 g/mol. The van der Waals surface area contributed by atoms with Gasteiger partial charge in [0.25, 0.3) is 5.91 Å². The molecule has 0 aliphatic rings. The van der Waals surface area contributed by atoms with Crippen LogP contribution in [-0.4, -0.2) is 39.6 Å². The Bertz CT molecular complexity index is 871. The predicted molar refractivity (Wildman–Crippen MR) is 95.7 cm³/mol. The second kappa shape index (κ2) is 7.69. The molecule has 2 heterocycles. The third-order valence-corrected chi connectivity index (χ3v) is 3.92. The first kappa shape index (κ1) is 17.5. The fourth-order valence-electron chi connectivity index (χ4n) is 2.58. The molecule has 7 nitrogen and oxygen atoms in total. The highest BCUT2D eigenvalue weighted by atomic mass is 16.3. The smallest absolute Gasteiger partial charge is 0.287 e. The first-order valence-electron chi connectivity index (χ1n) is 8.23. The Kier molecular flexibility index (Phi) is 5.17. The molecule has 7 heteroatoms. The van der Waals surface area contributed by atoms with Crippen LogP contribution in [0.3, 0.4) is 0 Å². The SMILES string of the molecule is C[C@@H](NC(=O)c1ccco1)C(=O)N(C)Cc1cnn(-c2ccccc2)c1. The number of likely N-dealkylation sites (N-methyl/N-ethyl adjacent to an activating group) is 1. The number of benzene rings is 1. The second-order valence-corrected chi connectivity index (χ2v) is 6.00. The van der Waals surface area contributed by atoms with Gasteiger partial charge >= 0.3 is 0 Å². The van der Waals surface area contributed by atoms with Crippen LogP contribution in [0.25, 0.3) is 5.69 Å². The maximum Gasteiger partial charge on any atom is 0.287 e. The van der Waals surface area contributed by atoms with Crippen molar-refractivity contribution in [1.29, 1.82) is 0 Å². The average Bonchev–Trinajstić information content (AvgIpc) is 3.33. The summed E-state index contributed by atoms with van der Waals surface area (Å²) in [5, 5.41) is 6.96. The van der Waals surface area contributed by atoms with E-state index in [0.29, 0.717) is 6.54 Å². The Balaban J connectivity index is 1.59. The van der Waals surface area contributed by atoms with Crippen molar-refractivity contribution in [2.75, 3.05) is 7.05 Å². The van der Waals surface area contributed by atoms with Crippen LogP contribution in [0.4, 0.5) is 0 Å². The molecule has 0 aliphatic carbocycles. The van der Waals surface area contributed by atoms with Crippen molar-refractivity contribution in [2.45, 2.75) is 19.5 Å². The lowest BCUT2D eigenvalue weighted by Gasteiger charge is -2.21. The van der Waals surface area contributed by atoms with E-state index in [1.165, 1.54) is 6.26 Å². The number of amides is 2. The molecule has 0 bridgehead atoms. The summed E-state index contributed by atoms with van der Waals surface area (Å²) in [6.07, 6.45) is 5.02. The van der Waals surface area contributed by atoms with Crippen molar-refractivity contribution in [1.82, 2.24) is 20.0 Å². The number of aromatic nitrogens is 2. The van der Waals surface area contributed by atoms with Crippen molar-refractivity contribution in [3.63, 3.8) is 0 Å². The lowest BCUT2D eigenvalue weighted by atomic mass is 10.2. The fraction of sp³-hybridized carbons (Fsp3) is 0.211. The molecule has 134 valence electrons. The molecule has 0 fully saturated rings. The van der Waals surface area contributed by atoms with E-state index in [1.54, 1.807) is 41.9 Å². The van der Waals surface area contributed by atoms with E-state index in [2.05, 4.69) is 10.4 Å². The van der Waals surface area contributed by atoms with Crippen molar-refractivity contribution < 1.29 is 14.0 Å². The van der Waals surface area contributed by atoms with E-state index in [1.807, 2.05) is 36.5 Å². The van der Waals surface area contributed by atoms with E-state index >= 15 is 0 Å². The minimum Gasteiger partial charge on any atom is -0.459 e. The number of nitrogens with one attached hydrogen (secondary N) is 1. The topological polar surface area (TPSA) is 80.4 Å². The molecule has 0 spiro atoms. The van der Waals surface area contributed by atoms with Crippen molar-refractivity contribution in [3.05, 3.63) is 72.4 Å². The third-order valence-electron chi connectivity index (χ3n) is 3.92. The van der Waals surface area contributed by atoms with E-state index < -0.39 is 11.9 Å². The molecule has 2 amide bonds. The molecule has 0 radical (unpaired) electrons. The summed E-state index contributed by atoms with van der Waals surface area (Å²) < 4.78 is 6.79. The van der Waals surface area contributed by atoms with E-state index in [-0.39, 0.29) is 11.7 Å². The Labute approximate surface area is 151 Å².